The molecule has 0 saturated heterocycles. The van der Waals surface area contributed by atoms with Crippen molar-refractivity contribution in [1.82, 2.24) is 29.4 Å². The van der Waals surface area contributed by atoms with Gasteiger partial charge in [-0.05, 0) is 44.0 Å². The van der Waals surface area contributed by atoms with E-state index in [1.807, 2.05) is 13.0 Å². The minimum atomic E-state index is -0.0675. The summed E-state index contributed by atoms with van der Waals surface area (Å²) in [5, 5.41) is 12.8. The van der Waals surface area contributed by atoms with Crippen molar-refractivity contribution >= 4 is 0 Å². The summed E-state index contributed by atoms with van der Waals surface area (Å²) in [5.74, 6) is 1.87. The van der Waals surface area contributed by atoms with Crippen LogP contribution >= 0.6 is 0 Å². The lowest BCUT2D eigenvalue weighted by Crippen LogP contribution is -2.38. The van der Waals surface area contributed by atoms with Gasteiger partial charge in [0.2, 0.25) is 11.8 Å². The molecule has 0 bridgehead atoms. The summed E-state index contributed by atoms with van der Waals surface area (Å²) < 4.78 is 9.04. The molecule has 1 aliphatic heterocycles. The minimum Gasteiger partial charge on any atom is -0.419 e. The highest BCUT2D eigenvalue weighted by atomic mass is 16.4. The van der Waals surface area contributed by atoms with Crippen molar-refractivity contribution in [3.05, 3.63) is 51.5 Å². The van der Waals surface area contributed by atoms with Crippen molar-refractivity contribution in [2.45, 2.75) is 39.9 Å². The Morgan fingerprint density at radius 2 is 1.96 bits per heavy atom. The number of hydrogen-bond donors (Lipinski definition) is 0. The van der Waals surface area contributed by atoms with Gasteiger partial charge in [-0.25, -0.2) is 9.48 Å². The van der Waals surface area contributed by atoms with E-state index in [0.717, 1.165) is 17.9 Å². The highest BCUT2D eigenvalue weighted by Gasteiger charge is 2.28. The van der Waals surface area contributed by atoms with Crippen LogP contribution in [-0.4, -0.2) is 36.0 Å². The first-order valence-corrected chi connectivity index (χ1v) is 8.72. The molecule has 8 heteroatoms. The Kier molecular flexibility index (Phi) is 3.99. The van der Waals surface area contributed by atoms with Crippen LogP contribution in [0.1, 0.15) is 35.8 Å². The van der Waals surface area contributed by atoms with Crippen molar-refractivity contribution in [1.29, 1.82) is 0 Å². The van der Waals surface area contributed by atoms with Gasteiger partial charge in [-0.2, -0.15) is 5.10 Å². The molecule has 0 saturated carbocycles. The standard InChI is InChI=1S/C18H22N6O2/c1-11-5-6-14(9-12(11)2)17-20-19-16(26-17)13(3)23-7-8-24-15(10-23)21-22(4)18(24)25/h5-6,9,13H,7-8,10H2,1-4H3. The molecule has 8 nitrogen and oxygen atoms in total. The van der Waals surface area contributed by atoms with Crippen molar-refractivity contribution in [2.75, 3.05) is 6.54 Å². The summed E-state index contributed by atoms with van der Waals surface area (Å²) in [5.41, 5.74) is 3.29. The number of aryl methyl sites for hydroxylation is 3. The lowest BCUT2D eigenvalue weighted by Gasteiger charge is -2.29. The lowest BCUT2D eigenvalue weighted by atomic mass is 10.1. The topological polar surface area (TPSA) is 82.0 Å². The van der Waals surface area contributed by atoms with E-state index >= 15 is 0 Å². The average molecular weight is 354 g/mol. The number of rotatable bonds is 3. The first-order chi connectivity index (χ1) is 12.4. The second-order valence-electron chi connectivity index (χ2n) is 6.86. The Bertz CT molecular complexity index is 1020. The molecular weight excluding hydrogens is 332 g/mol. The van der Waals surface area contributed by atoms with Gasteiger partial charge in [0.25, 0.3) is 0 Å². The zero-order chi connectivity index (χ0) is 18.4. The normalized spacial score (nSPS) is 15.8. The molecule has 1 unspecified atom stereocenters. The van der Waals surface area contributed by atoms with Crippen LogP contribution in [0.2, 0.25) is 0 Å². The van der Waals surface area contributed by atoms with E-state index in [9.17, 15) is 4.79 Å². The molecule has 136 valence electrons. The second-order valence-corrected chi connectivity index (χ2v) is 6.86. The zero-order valence-electron chi connectivity index (χ0n) is 15.4. The summed E-state index contributed by atoms with van der Waals surface area (Å²) in [7, 11) is 1.68. The summed E-state index contributed by atoms with van der Waals surface area (Å²) >= 11 is 0. The number of aromatic nitrogens is 5. The smallest absolute Gasteiger partial charge is 0.345 e. The molecule has 1 aliphatic rings. The van der Waals surface area contributed by atoms with Gasteiger partial charge in [0.15, 0.2) is 0 Å². The van der Waals surface area contributed by atoms with Crippen LogP contribution in [0.15, 0.2) is 27.4 Å². The fourth-order valence-electron chi connectivity index (χ4n) is 3.27. The van der Waals surface area contributed by atoms with E-state index in [1.54, 1.807) is 11.6 Å². The molecule has 3 heterocycles. The predicted octanol–water partition coefficient (Wildman–Crippen LogP) is 1.83. The van der Waals surface area contributed by atoms with E-state index < -0.39 is 0 Å². The fraction of sp³-hybridized carbons (Fsp3) is 0.444. The molecule has 3 aromatic rings. The zero-order valence-corrected chi connectivity index (χ0v) is 15.4. The highest BCUT2D eigenvalue weighted by Crippen LogP contribution is 2.27. The molecule has 1 atom stereocenters. The van der Waals surface area contributed by atoms with Gasteiger partial charge in [-0.1, -0.05) is 6.07 Å². The Hall–Kier alpha value is -2.74. The van der Waals surface area contributed by atoms with Crippen molar-refractivity contribution in [3.63, 3.8) is 0 Å². The third-order valence-corrected chi connectivity index (χ3v) is 5.14. The van der Waals surface area contributed by atoms with Crippen LogP contribution in [0.3, 0.4) is 0 Å². The summed E-state index contributed by atoms with van der Waals surface area (Å²) in [6.07, 6.45) is 0. The molecule has 26 heavy (non-hydrogen) atoms. The molecule has 1 aromatic carbocycles. The van der Waals surface area contributed by atoms with Crippen LogP contribution in [0.4, 0.5) is 0 Å². The predicted molar refractivity (Wildman–Crippen MR) is 95.5 cm³/mol. The van der Waals surface area contributed by atoms with Gasteiger partial charge >= 0.3 is 5.69 Å². The monoisotopic (exact) mass is 354 g/mol. The first-order valence-electron chi connectivity index (χ1n) is 8.72. The van der Waals surface area contributed by atoms with Crippen molar-refractivity contribution in [3.8, 4) is 11.5 Å². The Balaban J connectivity index is 1.56. The Morgan fingerprint density at radius 1 is 1.15 bits per heavy atom. The average Bonchev–Trinajstić information content (AvgIpc) is 3.22. The van der Waals surface area contributed by atoms with E-state index in [0.29, 0.717) is 24.9 Å². The lowest BCUT2D eigenvalue weighted by molar-refractivity contribution is 0.142. The fourth-order valence-corrected chi connectivity index (χ4v) is 3.27. The van der Waals surface area contributed by atoms with Crippen LogP contribution in [0, 0.1) is 13.8 Å². The molecule has 0 radical (unpaired) electrons. The van der Waals surface area contributed by atoms with Crippen LogP contribution in [0.5, 0.6) is 0 Å². The third-order valence-electron chi connectivity index (χ3n) is 5.14. The van der Waals surface area contributed by atoms with Gasteiger partial charge in [0.1, 0.15) is 5.82 Å². The molecule has 0 fully saturated rings. The van der Waals surface area contributed by atoms with Crippen LogP contribution < -0.4 is 5.69 Å². The maximum absolute atomic E-state index is 12.0. The molecule has 0 N–H and O–H groups in total. The Labute approximate surface area is 151 Å². The highest BCUT2D eigenvalue weighted by molar-refractivity contribution is 5.55. The van der Waals surface area contributed by atoms with E-state index in [-0.39, 0.29) is 11.7 Å². The first kappa shape index (κ1) is 16.7. The molecule has 4 rings (SSSR count). The van der Waals surface area contributed by atoms with E-state index in [2.05, 4.69) is 46.2 Å². The Morgan fingerprint density at radius 3 is 2.73 bits per heavy atom. The quantitative estimate of drug-likeness (QED) is 0.714. The van der Waals surface area contributed by atoms with Crippen molar-refractivity contribution in [2.24, 2.45) is 7.05 Å². The maximum atomic E-state index is 12.0. The summed E-state index contributed by atoms with van der Waals surface area (Å²) in [4.78, 5) is 14.2. The number of fused-ring (bicyclic) bond motifs is 1. The van der Waals surface area contributed by atoms with Crippen LogP contribution in [-0.2, 0) is 20.1 Å². The number of benzene rings is 1. The largest absolute Gasteiger partial charge is 0.419 e. The van der Waals surface area contributed by atoms with Gasteiger partial charge < -0.3 is 4.42 Å². The van der Waals surface area contributed by atoms with E-state index in [4.69, 9.17) is 4.42 Å². The SMILES string of the molecule is Cc1ccc(-c2nnc(C(C)N3CCn4c(nn(C)c4=O)C3)o2)cc1C. The van der Waals surface area contributed by atoms with Crippen molar-refractivity contribution < 1.29 is 4.42 Å². The molecule has 0 spiro atoms. The maximum Gasteiger partial charge on any atom is 0.345 e. The minimum absolute atomic E-state index is 0.0475. The number of hydrogen-bond acceptors (Lipinski definition) is 6. The van der Waals surface area contributed by atoms with Gasteiger partial charge in [0, 0.05) is 25.7 Å². The van der Waals surface area contributed by atoms with E-state index in [1.165, 1.54) is 15.8 Å². The van der Waals surface area contributed by atoms with Gasteiger partial charge in [-0.3, -0.25) is 9.47 Å². The number of nitrogens with zero attached hydrogens (tertiary/aromatic N) is 6. The summed E-state index contributed by atoms with van der Waals surface area (Å²) in [6, 6.07) is 6.07. The molecule has 0 amide bonds. The molecular formula is C18H22N6O2. The van der Waals surface area contributed by atoms with Gasteiger partial charge in [-0.15, -0.1) is 10.2 Å². The third kappa shape index (κ3) is 2.76. The molecule has 2 aromatic heterocycles. The second kappa shape index (κ2) is 6.21. The summed E-state index contributed by atoms with van der Waals surface area (Å²) in [6.45, 7) is 8.12. The van der Waals surface area contributed by atoms with Gasteiger partial charge in [0.05, 0.1) is 12.6 Å². The van der Waals surface area contributed by atoms with Crippen LogP contribution in [0.25, 0.3) is 11.5 Å². The molecule has 0 aliphatic carbocycles.